The van der Waals surface area contributed by atoms with E-state index in [9.17, 15) is 0 Å². The van der Waals surface area contributed by atoms with Crippen LogP contribution in [0.25, 0.3) is 5.82 Å². The molecule has 0 aliphatic carbocycles. The summed E-state index contributed by atoms with van der Waals surface area (Å²) in [6.07, 6.45) is 0. The molecule has 0 amide bonds. The number of ether oxygens (including phenoxy) is 1. The van der Waals surface area contributed by atoms with Gasteiger partial charge < -0.3 is 4.74 Å². The van der Waals surface area contributed by atoms with Crippen LogP contribution in [0.1, 0.15) is 22.5 Å². The van der Waals surface area contributed by atoms with Crippen molar-refractivity contribution in [1.29, 1.82) is 0 Å². The Morgan fingerprint density at radius 3 is 2.50 bits per heavy atom. The molecule has 0 spiro atoms. The van der Waals surface area contributed by atoms with E-state index in [0.29, 0.717) is 0 Å². The summed E-state index contributed by atoms with van der Waals surface area (Å²) in [5, 5.41) is 13.9. The predicted octanol–water partition coefficient (Wildman–Crippen LogP) is 3.89. The molecular formula is C18H20N4OS. The number of thioether (sulfide) groups is 1. The van der Waals surface area contributed by atoms with Gasteiger partial charge in [-0.25, -0.2) is 4.68 Å². The second kappa shape index (κ2) is 7.05. The van der Waals surface area contributed by atoms with Crippen LogP contribution in [0.3, 0.4) is 0 Å². The first-order valence-corrected chi connectivity index (χ1v) is 8.69. The van der Waals surface area contributed by atoms with Gasteiger partial charge in [0.25, 0.3) is 0 Å². The minimum Gasteiger partial charge on any atom is -0.496 e. The van der Waals surface area contributed by atoms with Crippen molar-refractivity contribution in [1.82, 2.24) is 20.0 Å². The molecule has 0 saturated carbocycles. The van der Waals surface area contributed by atoms with E-state index in [4.69, 9.17) is 4.74 Å². The molecule has 0 N–H and O–H groups in total. The zero-order valence-corrected chi connectivity index (χ0v) is 15.1. The Labute approximate surface area is 146 Å². The van der Waals surface area contributed by atoms with Crippen molar-refractivity contribution < 1.29 is 4.74 Å². The molecular weight excluding hydrogens is 320 g/mol. The van der Waals surface area contributed by atoms with Crippen molar-refractivity contribution in [3.63, 3.8) is 0 Å². The highest BCUT2D eigenvalue weighted by Gasteiger charge is 2.08. The second-order valence-corrected chi connectivity index (χ2v) is 6.67. The molecule has 24 heavy (non-hydrogen) atoms. The molecule has 3 rings (SSSR count). The molecule has 0 fully saturated rings. The molecule has 0 aliphatic heterocycles. The summed E-state index contributed by atoms with van der Waals surface area (Å²) >= 11 is 1.64. The van der Waals surface area contributed by atoms with E-state index in [1.165, 1.54) is 5.56 Å². The lowest BCUT2D eigenvalue weighted by molar-refractivity contribution is 0.411. The van der Waals surface area contributed by atoms with Crippen molar-refractivity contribution in [2.45, 2.75) is 31.6 Å². The van der Waals surface area contributed by atoms with E-state index >= 15 is 0 Å². The van der Waals surface area contributed by atoms with Crippen molar-refractivity contribution in [3.05, 3.63) is 58.9 Å². The number of hydrogen-bond donors (Lipinski definition) is 0. The van der Waals surface area contributed by atoms with Crippen molar-refractivity contribution in [3.8, 4) is 11.6 Å². The summed E-state index contributed by atoms with van der Waals surface area (Å²) in [4.78, 5) is 0. The minimum atomic E-state index is 0.734. The quantitative estimate of drug-likeness (QED) is 0.660. The summed E-state index contributed by atoms with van der Waals surface area (Å²) < 4.78 is 7.23. The highest BCUT2D eigenvalue weighted by Crippen LogP contribution is 2.27. The van der Waals surface area contributed by atoms with E-state index in [1.807, 2.05) is 38.1 Å². The van der Waals surface area contributed by atoms with E-state index < -0.39 is 0 Å². The van der Waals surface area contributed by atoms with Gasteiger partial charge in [0, 0.05) is 17.0 Å². The zero-order chi connectivity index (χ0) is 17.1. The summed E-state index contributed by atoms with van der Waals surface area (Å²) in [5.74, 6) is 2.43. The summed E-state index contributed by atoms with van der Waals surface area (Å²) in [5.41, 5.74) is 4.40. The Morgan fingerprint density at radius 1 is 1.04 bits per heavy atom. The Hall–Kier alpha value is -2.34. The van der Waals surface area contributed by atoms with Gasteiger partial charge in [0.15, 0.2) is 5.82 Å². The molecule has 2 aromatic heterocycles. The van der Waals surface area contributed by atoms with Gasteiger partial charge in [0.2, 0.25) is 0 Å². The van der Waals surface area contributed by atoms with Crippen LogP contribution in [0.15, 0.2) is 41.4 Å². The third kappa shape index (κ3) is 3.59. The summed E-state index contributed by atoms with van der Waals surface area (Å²) in [7, 11) is 1.70. The number of hydrogen-bond acceptors (Lipinski definition) is 5. The fourth-order valence-corrected chi connectivity index (χ4v) is 3.33. The fourth-order valence-electron chi connectivity index (χ4n) is 2.54. The maximum Gasteiger partial charge on any atom is 0.175 e. The summed E-state index contributed by atoms with van der Waals surface area (Å²) in [6.45, 7) is 6.06. The van der Waals surface area contributed by atoms with Crippen molar-refractivity contribution >= 4 is 11.8 Å². The molecule has 1 aromatic carbocycles. The highest BCUT2D eigenvalue weighted by atomic mass is 32.2. The molecule has 3 aromatic rings. The largest absolute Gasteiger partial charge is 0.496 e. The standard InChI is InChI=1S/C18H20N4OS/c1-12-5-6-16(23-4)15(9-12)11-24-18-8-7-17(19-20-18)22-14(3)10-13(2)21-22/h5-10H,11H2,1-4H3. The van der Waals surface area contributed by atoms with Crippen LogP contribution < -0.4 is 4.74 Å². The van der Waals surface area contributed by atoms with Gasteiger partial charge >= 0.3 is 0 Å². The molecule has 0 bridgehead atoms. The van der Waals surface area contributed by atoms with Crippen LogP contribution in [0.4, 0.5) is 0 Å². The first kappa shape index (κ1) is 16.5. The Kier molecular flexibility index (Phi) is 4.85. The molecule has 0 saturated heterocycles. The number of aryl methyl sites for hydroxylation is 3. The minimum absolute atomic E-state index is 0.734. The van der Waals surface area contributed by atoms with Crippen LogP contribution in [0.2, 0.25) is 0 Å². The molecule has 0 radical (unpaired) electrons. The van der Waals surface area contributed by atoms with Gasteiger partial charge in [-0.3, -0.25) is 0 Å². The lowest BCUT2D eigenvalue weighted by atomic mass is 10.1. The highest BCUT2D eigenvalue weighted by molar-refractivity contribution is 7.98. The molecule has 0 unspecified atom stereocenters. The Balaban J connectivity index is 1.73. The molecule has 0 atom stereocenters. The smallest absolute Gasteiger partial charge is 0.175 e. The van der Waals surface area contributed by atoms with Crippen LogP contribution in [-0.4, -0.2) is 27.1 Å². The first-order valence-electron chi connectivity index (χ1n) is 7.70. The summed E-state index contributed by atoms with van der Waals surface area (Å²) in [6, 6.07) is 12.1. The number of methoxy groups -OCH3 is 1. The number of rotatable bonds is 5. The monoisotopic (exact) mass is 340 g/mol. The van der Waals surface area contributed by atoms with Crippen LogP contribution in [0.5, 0.6) is 5.75 Å². The number of aromatic nitrogens is 4. The lowest BCUT2D eigenvalue weighted by Gasteiger charge is -2.09. The van der Waals surface area contributed by atoms with Gasteiger partial charge in [0.1, 0.15) is 10.8 Å². The fraction of sp³-hybridized carbons (Fsp3) is 0.278. The number of benzene rings is 1. The maximum absolute atomic E-state index is 5.42. The van der Waals surface area contributed by atoms with Gasteiger partial charge in [-0.15, -0.1) is 10.2 Å². The average molecular weight is 340 g/mol. The van der Waals surface area contributed by atoms with Gasteiger partial charge in [-0.2, -0.15) is 5.10 Å². The molecule has 2 heterocycles. The Morgan fingerprint density at radius 2 is 1.88 bits per heavy atom. The van der Waals surface area contributed by atoms with Crippen LogP contribution >= 0.6 is 11.8 Å². The zero-order valence-electron chi connectivity index (χ0n) is 14.3. The first-order chi connectivity index (χ1) is 11.6. The topological polar surface area (TPSA) is 52.8 Å². The Bertz CT molecular complexity index is 843. The molecule has 0 aliphatic rings. The van der Waals surface area contributed by atoms with Gasteiger partial charge in [-0.1, -0.05) is 29.5 Å². The maximum atomic E-state index is 5.42. The van der Waals surface area contributed by atoms with Gasteiger partial charge in [0.05, 0.1) is 12.8 Å². The van der Waals surface area contributed by atoms with Gasteiger partial charge in [-0.05, 0) is 45.0 Å². The van der Waals surface area contributed by atoms with Crippen molar-refractivity contribution in [2.75, 3.05) is 7.11 Å². The van der Waals surface area contributed by atoms with Crippen LogP contribution in [0, 0.1) is 20.8 Å². The third-order valence-electron chi connectivity index (χ3n) is 3.66. The number of nitrogens with zero attached hydrogens (tertiary/aromatic N) is 4. The predicted molar refractivity (Wildman–Crippen MR) is 95.9 cm³/mol. The normalized spacial score (nSPS) is 10.8. The van der Waals surface area contributed by atoms with E-state index in [0.717, 1.165) is 39.3 Å². The van der Waals surface area contributed by atoms with E-state index in [2.05, 4.69) is 34.4 Å². The van der Waals surface area contributed by atoms with E-state index in [1.54, 1.807) is 23.6 Å². The molecule has 5 nitrogen and oxygen atoms in total. The molecule has 124 valence electrons. The lowest BCUT2D eigenvalue weighted by Crippen LogP contribution is -2.03. The van der Waals surface area contributed by atoms with E-state index in [-0.39, 0.29) is 0 Å². The van der Waals surface area contributed by atoms with Crippen LogP contribution in [-0.2, 0) is 5.75 Å². The SMILES string of the molecule is COc1ccc(C)cc1CSc1ccc(-n2nc(C)cc2C)nn1. The second-order valence-electron chi connectivity index (χ2n) is 5.67. The van der Waals surface area contributed by atoms with Crippen molar-refractivity contribution in [2.24, 2.45) is 0 Å². The third-order valence-corrected chi connectivity index (χ3v) is 4.63. The average Bonchev–Trinajstić information content (AvgIpc) is 2.92. The molecule has 6 heteroatoms.